The van der Waals surface area contributed by atoms with E-state index in [1.165, 1.54) is 5.56 Å². The first-order valence-electron chi connectivity index (χ1n) is 4.22. The van der Waals surface area contributed by atoms with Gasteiger partial charge in [0.25, 0.3) is 0 Å². The van der Waals surface area contributed by atoms with Gasteiger partial charge in [0.1, 0.15) is 0 Å². The first-order valence-corrected chi connectivity index (χ1v) is 4.22. The van der Waals surface area contributed by atoms with Gasteiger partial charge in [0.2, 0.25) is 0 Å². The molecule has 0 aromatic carbocycles. The van der Waals surface area contributed by atoms with Crippen molar-refractivity contribution in [2.45, 2.75) is 13.3 Å². The number of aryl methyl sites for hydroxylation is 1. The summed E-state index contributed by atoms with van der Waals surface area (Å²) in [4.78, 5) is 2.24. The summed E-state index contributed by atoms with van der Waals surface area (Å²) >= 11 is 0. The molecule has 0 atom stereocenters. The second-order valence-electron chi connectivity index (χ2n) is 3.11. The highest BCUT2D eigenvalue weighted by atomic mass is 15.3. The van der Waals surface area contributed by atoms with Crippen LogP contribution in [0.15, 0.2) is 12.3 Å². The molecule has 2 rings (SSSR count). The molecule has 1 fully saturated rings. The van der Waals surface area contributed by atoms with Crippen molar-refractivity contribution in [1.82, 2.24) is 10.2 Å². The standard InChI is InChI=1S/C9H12N3/c1-8-6-9(11-10-7-8)12-4-2-3-5-12/h2,6-7H,3-5H2,1H3. The summed E-state index contributed by atoms with van der Waals surface area (Å²) in [6.07, 6.45) is 5.21. The van der Waals surface area contributed by atoms with Gasteiger partial charge in [-0.15, -0.1) is 5.10 Å². The minimum atomic E-state index is 1.00. The van der Waals surface area contributed by atoms with E-state index in [0.29, 0.717) is 0 Å². The van der Waals surface area contributed by atoms with Crippen molar-refractivity contribution < 1.29 is 0 Å². The molecular formula is C9H12N3. The molecule has 3 heteroatoms. The van der Waals surface area contributed by atoms with Crippen molar-refractivity contribution in [2.75, 3.05) is 18.0 Å². The molecule has 0 saturated carbocycles. The van der Waals surface area contributed by atoms with Gasteiger partial charge in [-0.05, 0) is 31.4 Å². The molecule has 1 saturated heterocycles. The number of aromatic nitrogens is 2. The Morgan fingerprint density at radius 1 is 1.50 bits per heavy atom. The van der Waals surface area contributed by atoms with Crippen molar-refractivity contribution in [3.63, 3.8) is 0 Å². The molecule has 0 aliphatic carbocycles. The van der Waals surface area contributed by atoms with Crippen LogP contribution in [0.3, 0.4) is 0 Å². The highest BCUT2D eigenvalue weighted by molar-refractivity contribution is 5.40. The summed E-state index contributed by atoms with van der Waals surface area (Å²) < 4.78 is 0. The molecule has 0 unspecified atom stereocenters. The highest BCUT2D eigenvalue weighted by Crippen LogP contribution is 2.16. The zero-order chi connectivity index (χ0) is 8.39. The van der Waals surface area contributed by atoms with Gasteiger partial charge < -0.3 is 4.90 Å². The molecule has 0 N–H and O–H groups in total. The van der Waals surface area contributed by atoms with Gasteiger partial charge in [0.15, 0.2) is 5.82 Å². The molecule has 2 heterocycles. The van der Waals surface area contributed by atoms with E-state index in [1.54, 1.807) is 6.20 Å². The summed E-state index contributed by atoms with van der Waals surface area (Å²) in [5.41, 5.74) is 1.17. The smallest absolute Gasteiger partial charge is 0.151 e. The lowest BCUT2D eigenvalue weighted by atomic mass is 10.3. The zero-order valence-electron chi connectivity index (χ0n) is 7.20. The molecule has 3 nitrogen and oxygen atoms in total. The molecule has 0 spiro atoms. The van der Waals surface area contributed by atoms with Crippen LogP contribution >= 0.6 is 0 Å². The first-order chi connectivity index (χ1) is 5.86. The topological polar surface area (TPSA) is 29.0 Å². The number of nitrogens with zero attached hydrogens (tertiary/aromatic N) is 3. The molecule has 1 aromatic heterocycles. The van der Waals surface area contributed by atoms with Gasteiger partial charge >= 0.3 is 0 Å². The second kappa shape index (κ2) is 3.09. The average Bonchev–Trinajstić information content (AvgIpc) is 2.56. The number of anilines is 1. The van der Waals surface area contributed by atoms with E-state index in [1.807, 2.05) is 6.92 Å². The molecule has 12 heavy (non-hydrogen) atoms. The quantitative estimate of drug-likeness (QED) is 0.621. The summed E-state index contributed by atoms with van der Waals surface area (Å²) in [6.45, 7) is 4.13. The third kappa shape index (κ3) is 1.40. The fraction of sp³-hybridized carbons (Fsp3) is 0.444. The number of hydrogen-bond donors (Lipinski definition) is 0. The van der Waals surface area contributed by atoms with Gasteiger partial charge in [-0.2, -0.15) is 5.10 Å². The van der Waals surface area contributed by atoms with Crippen LogP contribution in [0.2, 0.25) is 0 Å². The first kappa shape index (κ1) is 7.53. The highest BCUT2D eigenvalue weighted by Gasteiger charge is 2.13. The maximum atomic E-state index is 4.08. The molecule has 1 aliphatic rings. The van der Waals surface area contributed by atoms with E-state index in [2.05, 4.69) is 27.6 Å². The molecule has 1 radical (unpaired) electrons. The van der Waals surface area contributed by atoms with Gasteiger partial charge in [-0.25, -0.2) is 0 Å². The Labute approximate surface area is 72.4 Å². The average molecular weight is 162 g/mol. The monoisotopic (exact) mass is 162 g/mol. The Morgan fingerprint density at radius 2 is 2.42 bits per heavy atom. The SMILES string of the molecule is Cc1cnnc(N2C[CH]CC2)c1. The Morgan fingerprint density at radius 3 is 3.08 bits per heavy atom. The lowest BCUT2D eigenvalue weighted by molar-refractivity contribution is 0.890. The Hall–Kier alpha value is -1.12. The lowest BCUT2D eigenvalue weighted by Crippen LogP contribution is -2.19. The van der Waals surface area contributed by atoms with E-state index in [9.17, 15) is 0 Å². The summed E-state index contributed by atoms with van der Waals surface area (Å²) in [7, 11) is 0. The van der Waals surface area contributed by atoms with E-state index in [4.69, 9.17) is 0 Å². The van der Waals surface area contributed by atoms with Crippen LogP contribution in [0, 0.1) is 13.3 Å². The predicted octanol–water partition coefficient (Wildman–Crippen LogP) is 1.20. The predicted molar refractivity (Wildman–Crippen MR) is 47.9 cm³/mol. The van der Waals surface area contributed by atoms with Crippen LogP contribution in [-0.4, -0.2) is 23.3 Å². The van der Waals surface area contributed by atoms with Crippen molar-refractivity contribution in [3.8, 4) is 0 Å². The molecule has 1 aliphatic heterocycles. The normalized spacial score (nSPS) is 16.9. The Kier molecular flexibility index (Phi) is 1.94. The third-order valence-electron chi connectivity index (χ3n) is 2.05. The van der Waals surface area contributed by atoms with E-state index in [-0.39, 0.29) is 0 Å². The summed E-state index contributed by atoms with van der Waals surface area (Å²) in [5.74, 6) is 1.00. The fourth-order valence-electron chi connectivity index (χ4n) is 1.40. The van der Waals surface area contributed by atoms with Crippen LogP contribution in [-0.2, 0) is 0 Å². The second-order valence-corrected chi connectivity index (χ2v) is 3.11. The van der Waals surface area contributed by atoms with E-state index >= 15 is 0 Å². The van der Waals surface area contributed by atoms with Crippen molar-refractivity contribution in [3.05, 3.63) is 24.2 Å². The van der Waals surface area contributed by atoms with Gasteiger partial charge in [0, 0.05) is 13.1 Å². The minimum absolute atomic E-state index is 1.00. The van der Waals surface area contributed by atoms with Crippen LogP contribution in [0.1, 0.15) is 12.0 Å². The van der Waals surface area contributed by atoms with Gasteiger partial charge in [-0.3, -0.25) is 0 Å². The van der Waals surface area contributed by atoms with Crippen LogP contribution in [0.4, 0.5) is 5.82 Å². The number of hydrogen-bond acceptors (Lipinski definition) is 3. The van der Waals surface area contributed by atoms with Crippen LogP contribution in [0.25, 0.3) is 0 Å². The van der Waals surface area contributed by atoms with E-state index < -0.39 is 0 Å². The fourth-order valence-corrected chi connectivity index (χ4v) is 1.40. The molecule has 0 bridgehead atoms. The number of rotatable bonds is 1. The lowest BCUT2D eigenvalue weighted by Gasteiger charge is -2.14. The van der Waals surface area contributed by atoms with Gasteiger partial charge in [0.05, 0.1) is 6.20 Å². The van der Waals surface area contributed by atoms with Crippen LogP contribution < -0.4 is 4.90 Å². The largest absolute Gasteiger partial charge is 0.355 e. The molecule has 63 valence electrons. The molecule has 1 aromatic rings. The molecular weight excluding hydrogens is 150 g/mol. The Bertz CT molecular complexity index is 266. The van der Waals surface area contributed by atoms with Gasteiger partial charge in [-0.1, -0.05) is 0 Å². The maximum Gasteiger partial charge on any atom is 0.151 e. The van der Waals surface area contributed by atoms with Crippen molar-refractivity contribution in [2.24, 2.45) is 0 Å². The minimum Gasteiger partial charge on any atom is -0.355 e. The Balaban J connectivity index is 2.21. The van der Waals surface area contributed by atoms with Crippen LogP contribution in [0.5, 0.6) is 0 Å². The van der Waals surface area contributed by atoms with Crippen molar-refractivity contribution >= 4 is 5.82 Å². The molecule has 0 amide bonds. The summed E-state index contributed by atoms with van der Waals surface area (Å²) in [5, 5.41) is 8.00. The zero-order valence-corrected chi connectivity index (χ0v) is 7.20. The third-order valence-corrected chi connectivity index (χ3v) is 2.05. The summed E-state index contributed by atoms with van der Waals surface area (Å²) in [6, 6.07) is 2.08. The van der Waals surface area contributed by atoms with Crippen molar-refractivity contribution in [1.29, 1.82) is 0 Å². The van der Waals surface area contributed by atoms with E-state index in [0.717, 1.165) is 25.3 Å². The maximum absolute atomic E-state index is 4.08.